The number of nitrogens with zero attached hydrogens (tertiary/aromatic N) is 2. The molecule has 2 heteroatoms. The summed E-state index contributed by atoms with van der Waals surface area (Å²) in [6.45, 7) is 0. The Hall–Kier alpha value is -5.60. The summed E-state index contributed by atoms with van der Waals surface area (Å²) < 4.78 is 4.88. The number of benzene rings is 7. The highest BCUT2D eigenvalue weighted by atomic mass is 15.0. The molecule has 0 saturated heterocycles. The Balaban J connectivity index is 1.44. The number of hydrogen-bond donors (Lipinski definition) is 0. The second kappa shape index (κ2) is 8.95. The van der Waals surface area contributed by atoms with E-state index in [0.29, 0.717) is 0 Å². The van der Waals surface area contributed by atoms with E-state index in [2.05, 4.69) is 167 Å². The molecular formula is C40H26N2. The molecule has 0 saturated carbocycles. The van der Waals surface area contributed by atoms with E-state index in [1.54, 1.807) is 0 Å². The van der Waals surface area contributed by atoms with E-state index < -0.39 is 0 Å². The standard InChI is InChI=1S/C40H26N2/c1-3-11-27(12-4-1)28-19-23-31(24-20-28)42-35-17-9-7-15-32(35)33-25-21-29-22-26-37-39(38(29)40(33)42)34-16-8-10-18-36(34)41(37)30-13-5-2-6-14-30/h1-26H. The summed E-state index contributed by atoms with van der Waals surface area (Å²) in [6, 6.07) is 57.1. The summed E-state index contributed by atoms with van der Waals surface area (Å²) >= 11 is 0. The van der Waals surface area contributed by atoms with Gasteiger partial charge in [0.15, 0.2) is 0 Å². The zero-order valence-electron chi connectivity index (χ0n) is 22.9. The summed E-state index contributed by atoms with van der Waals surface area (Å²) in [4.78, 5) is 0. The van der Waals surface area contributed by atoms with Crippen LogP contribution in [0.25, 0.3) is 76.9 Å². The van der Waals surface area contributed by atoms with E-state index in [-0.39, 0.29) is 0 Å². The Kier molecular flexibility index (Phi) is 4.93. The zero-order valence-corrected chi connectivity index (χ0v) is 22.9. The first-order valence-corrected chi connectivity index (χ1v) is 14.5. The van der Waals surface area contributed by atoms with Crippen molar-refractivity contribution in [1.29, 1.82) is 0 Å². The number of aromatic nitrogens is 2. The van der Waals surface area contributed by atoms with Gasteiger partial charge in [-0.1, -0.05) is 115 Å². The molecule has 9 aromatic rings. The predicted octanol–water partition coefficient (Wildman–Crippen LogP) is 10.7. The van der Waals surface area contributed by atoms with Crippen molar-refractivity contribution < 1.29 is 0 Å². The van der Waals surface area contributed by atoms with Crippen molar-refractivity contribution in [2.45, 2.75) is 0 Å². The summed E-state index contributed by atoms with van der Waals surface area (Å²) in [6.07, 6.45) is 0. The van der Waals surface area contributed by atoms with Crippen LogP contribution in [-0.2, 0) is 0 Å². The van der Waals surface area contributed by atoms with Gasteiger partial charge in [-0.05, 0) is 59.0 Å². The Bertz CT molecular complexity index is 2430. The van der Waals surface area contributed by atoms with Gasteiger partial charge in [0.2, 0.25) is 0 Å². The van der Waals surface area contributed by atoms with Crippen LogP contribution in [-0.4, -0.2) is 9.13 Å². The van der Waals surface area contributed by atoms with Gasteiger partial charge in [0, 0.05) is 38.3 Å². The molecule has 0 fully saturated rings. The van der Waals surface area contributed by atoms with Crippen LogP contribution in [0.3, 0.4) is 0 Å². The molecule has 2 aromatic heterocycles. The van der Waals surface area contributed by atoms with Crippen molar-refractivity contribution >= 4 is 54.4 Å². The quantitative estimate of drug-likeness (QED) is 0.213. The van der Waals surface area contributed by atoms with E-state index in [4.69, 9.17) is 0 Å². The van der Waals surface area contributed by atoms with Gasteiger partial charge in [-0.25, -0.2) is 0 Å². The normalized spacial score (nSPS) is 11.8. The summed E-state index contributed by atoms with van der Waals surface area (Å²) in [5, 5.41) is 7.64. The molecule has 0 aliphatic carbocycles. The Morgan fingerprint density at radius 3 is 1.64 bits per heavy atom. The molecular weight excluding hydrogens is 508 g/mol. The Morgan fingerprint density at radius 2 is 0.881 bits per heavy atom. The first kappa shape index (κ1) is 23.1. The second-order valence-corrected chi connectivity index (χ2v) is 11.0. The van der Waals surface area contributed by atoms with Gasteiger partial charge < -0.3 is 9.13 Å². The predicted molar refractivity (Wildman–Crippen MR) is 178 cm³/mol. The van der Waals surface area contributed by atoms with Crippen molar-refractivity contribution in [2.24, 2.45) is 0 Å². The summed E-state index contributed by atoms with van der Waals surface area (Å²) in [5.41, 5.74) is 9.70. The molecule has 42 heavy (non-hydrogen) atoms. The molecule has 2 nitrogen and oxygen atoms in total. The molecule has 0 spiro atoms. The highest BCUT2D eigenvalue weighted by molar-refractivity contribution is 6.30. The van der Waals surface area contributed by atoms with Crippen molar-refractivity contribution in [1.82, 2.24) is 9.13 Å². The monoisotopic (exact) mass is 534 g/mol. The first-order valence-electron chi connectivity index (χ1n) is 14.5. The Morgan fingerprint density at radius 1 is 0.310 bits per heavy atom. The highest BCUT2D eigenvalue weighted by Gasteiger charge is 2.20. The largest absolute Gasteiger partial charge is 0.309 e. The molecule has 0 unspecified atom stereocenters. The molecule has 2 heterocycles. The van der Waals surface area contributed by atoms with Gasteiger partial charge in [-0.2, -0.15) is 0 Å². The minimum atomic E-state index is 1.16. The van der Waals surface area contributed by atoms with E-state index in [0.717, 1.165) is 5.69 Å². The third-order valence-corrected chi connectivity index (χ3v) is 8.70. The van der Waals surface area contributed by atoms with Crippen molar-refractivity contribution in [3.63, 3.8) is 0 Å². The number of para-hydroxylation sites is 3. The topological polar surface area (TPSA) is 9.86 Å². The maximum atomic E-state index is 2.47. The molecule has 0 N–H and O–H groups in total. The van der Waals surface area contributed by atoms with E-state index >= 15 is 0 Å². The maximum Gasteiger partial charge on any atom is 0.0626 e. The third-order valence-electron chi connectivity index (χ3n) is 8.70. The lowest BCUT2D eigenvalue weighted by molar-refractivity contribution is 1.18. The molecule has 0 amide bonds. The van der Waals surface area contributed by atoms with E-state index in [9.17, 15) is 0 Å². The highest BCUT2D eigenvalue weighted by Crippen LogP contribution is 2.43. The van der Waals surface area contributed by atoms with Gasteiger partial charge >= 0.3 is 0 Å². The number of fused-ring (bicyclic) bond motifs is 9. The molecule has 0 radical (unpaired) electrons. The number of hydrogen-bond acceptors (Lipinski definition) is 0. The molecule has 7 aromatic carbocycles. The Labute approximate surface area is 243 Å². The molecule has 0 atom stereocenters. The molecule has 0 bridgehead atoms. The third kappa shape index (κ3) is 3.27. The van der Waals surface area contributed by atoms with Crippen LogP contribution in [0.15, 0.2) is 158 Å². The SMILES string of the molecule is c1ccc(-c2ccc(-n3c4ccccc4c4ccc5ccc6c(c7ccccc7n6-c6ccccc6)c5c43)cc2)cc1. The van der Waals surface area contributed by atoms with Crippen LogP contribution in [0, 0.1) is 0 Å². The van der Waals surface area contributed by atoms with E-state index in [1.165, 1.54) is 71.2 Å². The van der Waals surface area contributed by atoms with Crippen LogP contribution >= 0.6 is 0 Å². The van der Waals surface area contributed by atoms with Crippen molar-refractivity contribution in [3.8, 4) is 22.5 Å². The molecule has 196 valence electrons. The fraction of sp³-hybridized carbons (Fsp3) is 0. The van der Waals surface area contributed by atoms with Crippen LogP contribution in [0.4, 0.5) is 0 Å². The lowest BCUT2D eigenvalue weighted by Crippen LogP contribution is -1.95. The van der Waals surface area contributed by atoms with Crippen molar-refractivity contribution in [3.05, 3.63) is 158 Å². The number of rotatable bonds is 3. The van der Waals surface area contributed by atoms with Crippen molar-refractivity contribution in [2.75, 3.05) is 0 Å². The van der Waals surface area contributed by atoms with E-state index in [1.807, 2.05) is 0 Å². The average molecular weight is 535 g/mol. The van der Waals surface area contributed by atoms with Crippen LogP contribution < -0.4 is 0 Å². The second-order valence-electron chi connectivity index (χ2n) is 11.0. The van der Waals surface area contributed by atoms with Crippen LogP contribution in [0.5, 0.6) is 0 Å². The van der Waals surface area contributed by atoms with Gasteiger partial charge in [-0.15, -0.1) is 0 Å². The van der Waals surface area contributed by atoms with Crippen LogP contribution in [0.1, 0.15) is 0 Å². The van der Waals surface area contributed by atoms with Crippen LogP contribution in [0.2, 0.25) is 0 Å². The fourth-order valence-corrected chi connectivity index (χ4v) is 6.88. The minimum Gasteiger partial charge on any atom is -0.309 e. The minimum absolute atomic E-state index is 1.16. The summed E-state index contributed by atoms with van der Waals surface area (Å²) in [7, 11) is 0. The zero-order chi connectivity index (χ0) is 27.6. The first-order chi connectivity index (χ1) is 20.9. The van der Waals surface area contributed by atoms with Gasteiger partial charge in [-0.3, -0.25) is 0 Å². The van der Waals surface area contributed by atoms with Gasteiger partial charge in [0.1, 0.15) is 0 Å². The van der Waals surface area contributed by atoms with Gasteiger partial charge in [0.25, 0.3) is 0 Å². The lowest BCUT2D eigenvalue weighted by atomic mass is 10.0. The fourth-order valence-electron chi connectivity index (χ4n) is 6.88. The molecule has 9 rings (SSSR count). The molecule has 0 aliphatic rings. The lowest BCUT2D eigenvalue weighted by Gasteiger charge is -2.12. The maximum absolute atomic E-state index is 2.47. The smallest absolute Gasteiger partial charge is 0.0626 e. The average Bonchev–Trinajstić information content (AvgIpc) is 3.59. The van der Waals surface area contributed by atoms with Gasteiger partial charge in [0.05, 0.1) is 22.1 Å². The molecule has 0 aliphatic heterocycles. The summed E-state index contributed by atoms with van der Waals surface area (Å²) in [5.74, 6) is 0.